The lowest BCUT2D eigenvalue weighted by atomic mass is 9.70. The van der Waals surface area contributed by atoms with Gasteiger partial charge in [-0.05, 0) is 146 Å². The molecule has 352 valence electrons. The second-order valence-electron chi connectivity index (χ2n) is 19.2. The standard InChI is InChI=1S/2C24H26F3N3O3/c2*1-14-10-17(13-23(2,3)12-14)30-20-11-15(21(31)32)4-9-19(20)29-22(30)28-16-5-7-18(8-6-16)33-24(25,26)27/h2*4-9,11,14,17H,10,12-13H2,1-3H3,(H,28,29)(H,31,32)/t2*14-,17-/m10/s1. The lowest BCUT2D eigenvalue weighted by Crippen LogP contribution is -2.29. The van der Waals surface area contributed by atoms with Crippen molar-refractivity contribution in [3.8, 4) is 11.5 Å². The van der Waals surface area contributed by atoms with Crippen molar-refractivity contribution in [3.63, 3.8) is 0 Å². The van der Waals surface area contributed by atoms with Crippen LogP contribution in [0, 0.1) is 22.7 Å². The summed E-state index contributed by atoms with van der Waals surface area (Å²) in [5.74, 6) is -0.658. The average Bonchev–Trinajstić information content (AvgIpc) is 3.73. The Kier molecular flexibility index (Phi) is 13.0. The van der Waals surface area contributed by atoms with Gasteiger partial charge in [0.15, 0.2) is 0 Å². The van der Waals surface area contributed by atoms with Crippen molar-refractivity contribution in [2.45, 2.75) is 105 Å². The van der Waals surface area contributed by atoms with E-state index in [1.54, 1.807) is 24.3 Å². The summed E-state index contributed by atoms with van der Waals surface area (Å²) < 4.78 is 86.7. The Balaban J connectivity index is 0.000000196. The molecule has 4 aromatic carbocycles. The number of rotatable bonds is 10. The summed E-state index contributed by atoms with van der Waals surface area (Å²) in [5, 5.41) is 25.4. The second-order valence-corrected chi connectivity index (χ2v) is 19.2. The van der Waals surface area contributed by atoms with Crippen molar-refractivity contribution >= 4 is 57.3 Å². The zero-order valence-electron chi connectivity index (χ0n) is 37.2. The van der Waals surface area contributed by atoms with Gasteiger partial charge in [0.25, 0.3) is 0 Å². The minimum Gasteiger partial charge on any atom is -0.478 e. The molecule has 2 heterocycles. The minimum absolute atomic E-state index is 0.0909. The highest BCUT2D eigenvalue weighted by molar-refractivity contribution is 5.94. The number of aromatic carboxylic acids is 2. The van der Waals surface area contributed by atoms with Gasteiger partial charge in [0.05, 0.1) is 33.2 Å². The van der Waals surface area contributed by atoms with E-state index in [4.69, 9.17) is 0 Å². The first kappa shape index (κ1) is 47.5. The van der Waals surface area contributed by atoms with Gasteiger partial charge in [0.1, 0.15) is 11.5 Å². The Bertz CT molecular complexity index is 2520. The number of halogens is 6. The number of aromatic nitrogens is 4. The van der Waals surface area contributed by atoms with Crippen molar-refractivity contribution in [1.82, 2.24) is 19.1 Å². The molecule has 0 radical (unpaired) electrons. The molecular weight excluding hydrogens is 871 g/mol. The normalized spacial score (nSPS) is 20.5. The summed E-state index contributed by atoms with van der Waals surface area (Å²) >= 11 is 0. The molecule has 6 aromatic rings. The van der Waals surface area contributed by atoms with Crippen LogP contribution >= 0.6 is 0 Å². The summed E-state index contributed by atoms with van der Waals surface area (Å²) in [4.78, 5) is 32.5. The number of hydrogen-bond donors (Lipinski definition) is 4. The van der Waals surface area contributed by atoms with Crippen LogP contribution in [0.1, 0.15) is 113 Å². The van der Waals surface area contributed by atoms with Crippen LogP contribution in [0.15, 0.2) is 84.9 Å². The third-order valence-electron chi connectivity index (χ3n) is 12.0. The molecule has 0 unspecified atom stereocenters. The predicted octanol–water partition coefficient (Wildman–Crippen LogP) is 13.5. The first-order chi connectivity index (χ1) is 30.8. The maximum absolute atomic E-state index is 12.5. The topological polar surface area (TPSA) is 153 Å². The largest absolute Gasteiger partial charge is 0.573 e. The fraction of sp³-hybridized carbons (Fsp3) is 0.417. The van der Waals surface area contributed by atoms with Crippen LogP contribution in [0.4, 0.5) is 49.6 Å². The number of imidazole rings is 2. The van der Waals surface area contributed by atoms with Gasteiger partial charge >= 0.3 is 24.7 Å². The van der Waals surface area contributed by atoms with Crippen molar-refractivity contribution < 1.29 is 55.6 Å². The number of alkyl halides is 6. The number of nitrogens with one attached hydrogen (secondary N) is 2. The summed E-state index contributed by atoms with van der Waals surface area (Å²) in [6, 6.07) is 20.7. The lowest BCUT2D eigenvalue weighted by molar-refractivity contribution is -0.275. The predicted molar refractivity (Wildman–Crippen MR) is 238 cm³/mol. The van der Waals surface area contributed by atoms with Crippen molar-refractivity contribution in [1.29, 1.82) is 0 Å². The van der Waals surface area contributed by atoms with Crippen molar-refractivity contribution in [2.24, 2.45) is 22.7 Å². The zero-order chi connectivity index (χ0) is 47.9. The molecule has 2 aromatic heterocycles. The number of carbonyl (C=O) groups is 2. The minimum atomic E-state index is -4.75. The van der Waals surface area contributed by atoms with Crippen molar-refractivity contribution in [2.75, 3.05) is 10.6 Å². The van der Waals surface area contributed by atoms with Gasteiger partial charge in [-0.15, -0.1) is 26.3 Å². The Hall–Kier alpha value is -6.46. The van der Waals surface area contributed by atoms with E-state index in [2.05, 4.69) is 71.6 Å². The SMILES string of the molecule is C[C@@H]1C[C@@H](n2c(Nc3ccc(OC(F)(F)F)cc3)nc3ccc(C(=O)O)cc32)CC(C)(C)C1.C[C@H]1C[C@H](n2c(Nc3ccc(OC(F)(F)F)cc3)nc3ccc(C(=O)O)cc32)CC(C)(C)C1. The monoisotopic (exact) mass is 922 g/mol. The Labute approximate surface area is 376 Å². The summed E-state index contributed by atoms with van der Waals surface area (Å²) in [7, 11) is 0. The van der Waals surface area contributed by atoms with Gasteiger partial charge in [-0.1, -0.05) is 41.5 Å². The fourth-order valence-corrected chi connectivity index (χ4v) is 10.1. The summed E-state index contributed by atoms with van der Waals surface area (Å²) in [6.07, 6.45) is -3.69. The average molecular weight is 923 g/mol. The molecule has 12 nitrogen and oxygen atoms in total. The molecule has 2 aliphatic carbocycles. The van der Waals surface area contributed by atoms with Crippen LogP contribution in [0.5, 0.6) is 11.5 Å². The molecule has 4 atom stereocenters. The first-order valence-corrected chi connectivity index (χ1v) is 21.6. The number of carboxylic acids is 2. The molecule has 0 amide bonds. The molecule has 4 N–H and O–H groups in total. The van der Waals surface area contributed by atoms with Gasteiger partial charge in [-0.25, -0.2) is 19.6 Å². The van der Waals surface area contributed by atoms with Gasteiger partial charge in [-0.3, -0.25) is 0 Å². The second kappa shape index (κ2) is 18.1. The first-order valence-electron chi connectivity index (χ1n) is 21.6. The van der Waals surface area contributed by atoms with E-state index >= 15 is 0 Å². The lowest BCUT2D eigenvalue weighted by Gasteiger charge is -2.40. The number of anilines is 4. The van der Waals surface area contributed by atoms with E-state index in [0.717, 1.165) is 38.5 Å². The van der Waals surface area contributed by atoms with Crippen LogP contribution in [-0.2, 0) is 0 Å². The highest BCUT2D eigenvalue weighted by atomic mass is 19.4. The number of ether oxygens (including phenoxy) is 2. The quantitative estimate of drug-likeness (QED) is 0.0977. The Morgan fingerprint density at radius 1 is 0.591 bits per heavy atom. The van der Waals surface area contributed by atoms with Crippen LogP contribution in [-0.4, -0.2) is 54.0 Å². The van der Waals surface area contributed by atoms with E-state index in [1.807, 2.05) is 9.13 Å². The maximum Gasteiger partial charge on any atom is 0.573 e. The van der Waals surface area contributed by atoms with Crippen molar-refractivity contribution in [3.05, 3.63) is 96.1 Å². The van der Waals surface area contributed by atoms with E-state index < -0.39 is 24.7 Å². The van der Waals surface area contributed by atoms with Crippen LogP contribution in [0.25, 0.3) is 22.1 Å². The molecule has 2 saturated carbocycles. The molecule has 0 saturated heterocycles. The molecule has 66 heavy (non-hydrogen) atoms. The molecule has 2 aliphatic rings. The number of benzene rings is 4. The van der Waals surface area contributed by atoms with Gasteiger partial charge < -0.3 is 39.5 Å². The number of fused-ring (bicyclic) bond motifs is 2. The maximum atomic E-state index is 12.5. The molecule has 0 spiro atoms. The third kappa shape index (κ3) is 11.7. The zero-order valence-corrected chi connectivity index (χ0v) is 37.2. The fourth-order valence-electron chi connectivity index (χ4n) is 10.1. The molecule has 2 fully saturated rings. The molecule has 0 bridgehead atoms. The molecule has 18 heteroatoms. The number of hydrogen-bond acceptors (Lipinski definition) is 8. The van der Waals surface area contributed by atoms with Gasteiger partial charge in [0, 0.05) is 23.5 Å². The highest BCUT2D eigenvalue weighted by Gasteiger charge is 2.37. The van der Waals surface area contributed by atoms with E-state index in [-0.39, 0.29) is 45.5 Å². The van der Waals surface area contributed by atoms with Gasteiger partial charge in [-0.2, -0.15) is 0 Å². The summed E-state index contributed by atoms with van der Waals surface area (Å²) in [6.45, 7) is 13.3. The highest BCUT2D eigenvalue weighted by Crippen LogP contribution is 2.48. The summed E-state index contributed by atoms with van der Waals surface area (Å²) in [5.41, 5.74) is 4.37. The number of nitrogens with zero attached hydrogens (tertiary/aromatic N) is 4. The molecule has 0 aliphatic heterocycles. The van der Waals surface area contributed by atoms with E-state index in [9.17, 15) is 46.1 Å². The van der Waals surface area contributed by atoms with Crippen LogP contribution in [0.3, 0.4) is 0 Å². The van der Waals surface area contributed by atoms with Gasteiger partial charge in [0.2, 0.25) is 11.9 Å². The molecular formula is C48H52F6N6O6. The van der Waals surface area contributed by atoms with E-state index in [0.29, 0.717) is 57.2 Å². The van der Waals surface area contributed by atoms with E-state index in [1.165, 1.54) is 60.7 Å². The smallest absolute Gasteiger partial charge is 0.478 e. The van der Waals surface area contributed by atoms with Crippen LogP contribution < -0.4 is 20.1 Å². The Morgan fingerprint density at radius 2 is 0.939 bits per heavy atom. The third-order valence-corrected chi connectivity index (χ3v) is 12.0. The molecule has 8 rings (SSSR count). The number of carboxylic acid groups (broad SMARTS) is 2. The Morgan fingerprint density at radius 3 is 1.24 bits per heavy atom. The van der Waals surface area contributed by atoms with Crippen LogP contribution in [0.2, 0.25) is 0 Å².